The van der Waals surface area contributed by atoms with Crippen molar-refractivity contribution in [3.63, 3.8) is 0 Å². The molecule has 1 aliphatic rings. The molecular formula is C29H26N6O5. The Morgan fingerprint density at radius 3 is 2.38 bits per heavy atom. The predicted molar refractivity (Wildman–Crippen MR) is 150 cm³/mol. The summed E-state index contributed by atoms with van der Waals surface area (Å²) in [6, 6.07) is 16.0. The molecule has 5 rings (SSSR count). The van der Waals surface area contributed by atoms with Gasteiger partial charge in [0, 0.05) is 24.7 Å². The molecule has 1 saturated heterocycles. The number of aromatic nitrogens is 3. The molecule has 4 aromatic rings. The van der Waals surface area contributed by atoms with Crippen molar-refractivity contribution < 1.29 is 14.3 Å². The zero-order valence-corrected chi connectivity index (χ0v) is 21.6. The molecule has 1 unspecified atom stereocenters. The number of amides is 2. The number of pyridine rings is 1. The van der Waals surface area contributed by atoms with Crippen LogP contribution in [0.3, 0.4) is 0 Å². The zero-order valence-electron chi connectivity index (χ0n) is 21.6. The number of H-pyrrole nitrogens is 2. The first-order valence-electron chi connectivity index (χ1n) is 12.7. The molecule has 2 amide bonds. The van der Waals surface area contributed by atoms with Gasteiger partial charge in [-0.05, 0) is 62.1 Å². The van der Waals surface area contributed by atoms with Gasteiger partial charge in [-0.2, -0.15) is 0 Å². The SMILES string of the molecule is CC#CC(=O)NC1CCCN(c2nc(-c3ccc(Oc4ccccc4)cc3)c(C(N)=O)c3[nH]c(=O)c(=O)[nH]c23)C1. The van der Waals surface area contributed by atoms with Crippen LogP contribution in [0.25, 0.3) is 22.3 Å². The molecule has 11 heteroatoms. The Bertz CT molecular complexity index is 1770. The summed E-state index contributed by atoms with van der Waals surface area (Å²) in [6.45, 7) is 2.52. The number of rotatable bonds is 6. The number of carbonyl (C=O) groups excluding carboxylic acids is 2. The molecule has 0 saturated carbocycles. The van der Waals surface area contributed by atoms with Crippen LogP contribution < -0.4 is 31.8 Å². The van der Waals surface area contributed by atoms with Gasteiger partial charge in [0.15, 0.2) is 5.82 Å². The van der Waals surface area contributed by atoms with Crippen LogP contribution in [-0.4, -0.2) is 45.9 Å². The standard InChI is InChI=1S/C29H26N6O5/c1-2-7-21(36)31-18-8-6-15-35(16-18)27-25-24(33-28(38)29(39)34-25)22(26(30)37)23(32-27)17-11-13-20(14-12-17)40-19-9-4-3-5-10-19/h3-5,9-14,18H,6,8,15-16H2,1H3,(H2,30,37)(H,31,36)(H,33,38)(H,34,39). The largest absolute Gasteiger partial charge is 0.457 e. The quantitative estimate of drug-likeness (QED) is 0.216. The maximum absolute atomic E-state index is 12.7. The van der Waals surface area contributed by atoms with Crippen LogP contribution in [0, 0.1) is 11.8 Å². The molecule has 11 nitrogen and oxygen atoms in total. The molecule has 0 aliphatic carbocycles. The van der Waals surface area contributed by atoms with E-state index < -0.39 is 17.0 Å². The highest BCUT2D eigenvalue weighted by Gasteiger charge is 2.28. The lowest BCUT2D eigenvalue weighted by atomic mass is 10.0. The number of primary amides is 1. The maximum Gasteiger partial charge on any atom is 0.314 e. The average Bonchev–Trinajstić information content (AvgIpc) is 2.94. The van der Waals surface area contributed by atoms with Crippen molar-refractivity contribution in [1.82, 2.24) is 20.3 Å². The second kappa shape index (κ2) is 11.2. The lowest BCUT2D eigenvalue weighted by molar-refractivity contribution is -0.116. The summed E-state index contributed by atoms with van der Waals surface area (Å²) in [7, 11) is 0. The molecule has 1 aliphatic heterocycles. The Hall–Kier alpha value is -5.37. The summed E-state index contributed by atoms with van der Waals surface area (Å²) in [5, 5.41) is 2.89. The lowest BCUT2D eigenvalue weighted by Gasteiger charge is -2.34. The third kappa shape index (κ3) is 5.42. The van der Waals surface area contributed by atoms with E-state index >= 15 is 0 Å². The Kier molecular flexibility index (Phi) is 7.33. The van der Waals surface area contributed by atoms with E-state index in [9.17, 15) is 19.2 Å². The fourth-order valence-electron chi connectivity index (χ4n) is 4.76. The molecule has 0 spiro atoms. The number of hydrogen-bond acceptors (Lipinski definition) is 7. The molecule has 0 bridgehead atoms. The summed E-state index contributed by atoms with van der Waals surface area (Å²) in [5.74, 6) is 5.43. The van der Waals surface area contributed by atoms with E-state index in [0.29, 0.717) is 36.0 Å². The van der Waals surface area contributed by atoms with Crippen molar-refractivity contribution in [1.29, 1.82) is 0 Å². The Labute approximate surface area is 228 Å². The van der Waals surface area contributed by atoms with Crippen molar-refractivity contribution in [3.05, 3.63) is 80.9 Å². The van der Waals surface area contributed by atoms with Gasteiger partial charge in [-0.15, -0.1) is 0 Å². The van der Waals surface area contributed by atoms with Gasteiger partial charge in [-0.25, -0.2) is 4.98 Å². The van der Waals surface area contributed by atoms with Gasteiger partial charge in [0.2, 0.25) is 0 Å². The van der Waals surface area contributed by atoms with E-state index in [4.69, 9.17) is 15.5 Å². The van der Waals surface area contributed by atoms with Crippen molar-refractivity contribution in [2.75, 3.05) is 18.0 Å². The van der Waals surface area contributed by atoms with E-state index in [2.05, 4.69) is 27.1 Å². The summed E-state index contributed by atoms with van der Waals surface area (Å²) in [6.07, 6.45) is 1.45. The number of fused-ring (bicyclic) bond motifs is 1. The highest BCUT2D eigenvalue weighted by atomic mass is 16.5. The molecule has 5 N–H and O–H groups in total. The number of nitrogens with one attached hydrogen (secondary N) is 3. The second-order valence-electron chi connectivity index (χ2n) is 9.25. The number of benzene rings is 2. The number of para-hydroxylation sites is 1. The topological polar surface area (TPSA) is 163 Å². The van der Waals surface area contributed by atoms with Crippen LogP contribution in [0.4, 0.5) is 5.82 Å². The Balaban J connectivity index is 1.61. The average molecular weight is 539 g/mol. The smallest absolute Gasteiger partial charge is 0.314 e. The third-order valence-corrected chi connectivity index (χ3v) is 6.51. The number of carbonyl (C=O) groups is 2. The number of piperidine rings is 1. The minimum Gasteiger partial charge on any atom is -0.457 e. The van der Waals surface area contributed by atoms with Crippen LogP contribution >= 0.6 is 0 Å². The number of hydrogen-bond donors (Lipinski definition) is 4. The van der Waals surface area contributed by atoms with Gasteiger partial charge in [-0.1, -0.05) is 24.1 Å². The molecule has 0 radical (unpaired) electrons. The van der Waals surface area contributed by atoms with Gasteiger partial charge < -0.3 is 30.7 Å². The molecule has 202 valence electrons. The second-order valence-corrected chi connectivity index (χ2v) is 9.25. The predicted octanol–water partition coefficient (Wildman–Crippen LogP) is 2.28. The van der Waals surface area contributed by atoms with Gasteiger partial charge in [-0.3, -0.25) is 19.2 Å². The van der Waals surface area contributed by atoms with Gasteiger partial charge in [0.25, 0.3) is 11.8 Å². The number of nitrogens with zero attached hydrogens (tertiary/aromatic N) is 2. The Morgan fingerprint density at radius 2 is 1.70 bits per heavy atom. The van der Waals surface area contributed by atoms with Crippen LogP contribution in [0.5, 0.6) is 11.5 Å². The van der Waals surface area contributed by atoms with Crippen LogP contribution in [0.2, 0.25) is 0 Å². The minimum atomic E-state index is -0.924. The number of anilines is 1. The maximum atomic E-state index is 12.7. The molecule has 3 heterocycles. The molecule has 2 aromatic carbocycles. The van der Waals surface area contributed by atoms with Crippen molar-refractivity contribution in [2.24, 2.45) is 5.73 Å². The normalized spacial score (nSPS) is 14.7. The zero-order chi connectivity index (χ0) is 28.2. The first-order chi connectivity index (χ1) is 19.3. The van der Waals surface area contributed by atoms with Gasteiger partial charge in [0.1, 0.15) is 17.0 Å². The molecular weight excluding hydrogens is 512 g/mol. The molecule has 40 heavy (non-hydrogen) atoms. The Morgan fingerprint density at radius 1 is 1.02 bits per heavy atom. The van der Waals surface area contributed by atoms with Crippen molar-refractivity contribution >= 4 is 28.7 Å². The molecule has 2 aromatic heterocycles. The first-order valence-corrected chi connectivity index (χ1v) is 12.7. The van der Waals surface area contributed by atoms with E-state index in [-0.39, 0.29) is 34.2 Å². The highest BCUT2D eigenvalue weighted by Crippen LogP contribution is 2.34. The van der Waals surface area contributed by atoms with Crippen molar-refractivity contribution in [2.45, 2.75) is 25.8 Å². The van der Waals surface area contributed by atoms with Gasteiger partial charge in [0.05, 0.1) is 16.8 Å². The first kappa shape index (κ1) is 26.2. The third-order valence-electron chi connectivity index (χ3n) is 6.51. The van der Waals surface area contributed by atoms with Gasteiger partial charge >= 0.3 is 11.1 Å². The number of ether oxygens (including phenoxy) is 1. The minimum absolute atomic E-state index is 0.0380. The van der Waals surface area contributed by atoms with E-state index in [1.54, 1.807) is 31.2 Å². The van der Waals surface area contributed by atoms with Crippen LogP contribution in [0.1, 0.15) is 30.1 Å². The van der Waals surface area contributed by atoms with E-state index in [1.165, 1.54) is 0 Å². The van der Waals surface area contributed by atoms with Crippen LogP contribution in [0.15, 0.2) is 64.2 Å². The summed E-state index contributed by atoms with van der Waals surface area (Å²) < 4.78 is 5.87. The number of nitrogens with two attached hydrogens (primary N) is 1. The lowest BCUT2D eigenvalue weighted by Crippen LogP contribution is -2.48. The van der Waals surface area contributed by atoms with Crippen molar-refractivity contribution in [3.8, 4) is 34.6 Å². The fourth-order valence-corrected chi connectivity index (χ4v) is 4.76. The van der Waals surface area contributed by atoms with Crippen LogP contribution in [-0.2, 0) is 4.79 Å². The summed E-state index contributed by atoms with van der Waals surface area (Å²) in [5.41, 5.74) is 4.95. The molecule has 1 atom stereocenters. The van der Waals surface area contributed by atoms with E-state index in [1.807, 2.05) is 35.2 Å². The summed E-state index contributed by atoms with van der Waals surface area (Å²) in [4.78, 5) is 61.2. The summed E-state index contributed by atoms with van der Waals surface area (Å²) >= 11 is 0. The number of aromatic amines is 2. The monoisotopic (exact) mass is 538 g/mol. The molecule has 1 fully saturated rings. The fraction of sp³-hybridized carbons (Fsp3) is 0.207. The highest BCUT2D eigenvalue weighted by molar-refractivity contribution is 6.11. The van der Waals surface area contributed by atoms with E-state index in [0.717, 1.165) is 12.8 Å².